The maximum atomic E-state index is 12.6. The van der Waals surface area contributed by atoms with Crippen molar-refractivity contribution in [2.75, 3.05) is 6.54 Å². The summed E-state index contributed by atoms with van der Waals surface area (Å²) in [5.74, 6) is 1.32. The lowest BCUT2D eigenvalue weighted by Crippen LogP contribution is -2.46. The summed E-state index contributed by atoms with van der Waals surface area (Å²) in [6.07, 6.45) is 2.19. The van der Waals surface area contributed by atoms with E-state index in [4.69, 9.17) is 0 Å². The van der Waals surface area contributed by atoms with E-state index in [1.54, 1.807) is 0 Å². The van der Waals surface area contributed by atoms with Crippen LogP contribution >= 0.6 is 0 Å². The van der Waals surface area contributed by atoms with Crippen molar-refractivity contribution in [2.24, 2.45) is 17.3 Å². The van der Waals surface area contributed by atoms with Crippen LogP contribution in [0.15, 0.2) is 0 Å². The molecule has 1 fully saturated rings. The highest BCUT2D eigenvalue weighted by Gasteiger charge is 2.42. The molecule has 1 heterocycles. The van der Waals surface area contributed by atoms with Crippen LogP contribution in [0.5, 0.6) is 0 Å². The maximum absolute atomic E-state index is 12.6. The zero-order chi connectivity index (χ0) is 14.8. The van der Waals surface area contributed by atoms with Crippen LogP contribution in [0.3, 0.4) is 0 Å². The fourth-order valence-corrected chi connectivity index (χ4v) is 2.55. The first kappa shape index (κ1) is 16.5. The molecule has 0 aromatic carbocycles. The van der Waals surface area contributed by atoms with E-state index < -0.39 is 0 Å². The summed E-state index contributed by atoms with van der Waals surface area (Å²) in [5, 5.41) is 3.53. The number of nitrogens with one attached hydrogen (secondary N) is 1. The van der Waals surface area contributed by atoms with Crippen molar-refractivity contribution >= 4 is 5.91 Å². The second-order valence-electron chi connectivity index (χ2n) is 7.31. The highest BCUT2D eigenvalue weighted by atomic mass is 16.2. The molecule has 0 bridgehead atoms. The number of nitrogens with zero attached hydrogens (tertiary/aromatic N) is 1. The molecule has 1 amide bonds. The van der Waals surface area contributed by atoms with Gasteiger partial charge in [-0.3, -0.25) is 10.1 Å². The molecular formula is C16H32N2O. The molecular weight excluding hydrogens is 236 g/mol. The Bertz CT molecular complexity index is 310. The Kier molecular flexibility index (Phi) is 5.43. The van der Waals surface area contributed by atoms with Gasteiger partial charge in [0.1, 0.15) is 0 Å². The lowest BCUT2D eigenvalue weighted by molar-refractivity contribution is -0.132. The Labute approximate surface area is 119 Å². The van der Waals surface area contributed by atoms with E-state index >= 15 is 0 Å². The molecule has 2 unspecified atom stereocenters. The molecule has 19 heavy (non-hydrogen) atoms. The van der Waals surface area contributed by atoms with Gasteiger partial charge in [0, 0.05) is 6.54 Å². The van der Waals surface area contributed by atoms with E-state index in [0.717, 1.165) is 19.4 Å². The van der Waals surface area contributed by atoms with Crippen molar-refractivity contribution in [1.82, 2.24) is 10.2 Å². The molecule has 1 aliphatic rings. The maximum Gasteiger partial charge on any atom is 0.241 e. The van der Waals surface area contributed by atoms with Crippen LogP contribution in [0.4, 0.5) is 0 Å². The number of carbonyl (C=O) groups is 1. The minimum Gasteiger partial charge on any atom is -0.325 e. The third-order valence-corrected chi connectivity index (χ3v) is 4.64. The number of amides is 1. The molecule has 1 N–H and O–H groups in total. The van der Waals surface area contributed by atoms with Crippen LogP contribution in [0.2, 0.25) is 0 Å². The second-order valence-corrected chi connectivity index (χ2v) is 7.31. The molecule has 0 aromatic heterocycles. The van der Waals surface area contributed by atoms with Gasteiger partial charge in [0.2, 0.25) is 5.91 Å². The van der Waals surface area contributed by atoms with Crippen molar-refractivity contribution in [3.8, 4) is 0 Å². The molecule has 1 rings (SSSR count). The Morgan fingerprint density at radius 1 is 1.26 bits per heavy atom. The average molecular weight is 268 g/mol. The Balaban J connectivity index is 2.86. The highest BCUT2D eigenvalue weighted by Crippen LogP contribution is 2.31. The van der Waals surface area contributed by atoms with Gasteiger partial charge in [-0.15, -0.1) is 0 Å². The van der Waals surface area contributed by atoms with Gasteiger partial charge in [-0.25, -0.2) is 0 Å². The van der Waals surface area contributed by atoms with Gasteiger partial charge in [-0.1, -0.05) is 54.9 Å². The summed E-state index contributed by atoms with van der Waals surface area (Å²) >= 11 is 0. The van der Waals surface area contributed by atoms with Crippen LogP contribution < -0.4 is 5.32 Å². The molecule has 3 nitrogen and oxygen atoms in total. The summed E-state index contributed by atoms with van der Waals surface area (Å²) < 4.78 is 0. The van der Waals surface area contributed by atoms with E-state index in [1.807, 2.05) is 0 Å². The largest absolute Gasteiger partial charge is 0.325 e. The monoisotopic (exact) mass is 268 g/mol. The SMILES string of the molecule is CCCC1NC(C(C)C)N(CC(C)(C)C(C)C)C1=O. The summed E-state index contributed by atoms with van der Waals surface area (Å²) in [6.45, 7) is 16.4. The Morgan fingerprint density at radius 3 is 2.26 bits per heavy atom. The number of hydrogen-bond acceptors (Lipinski definition) is 2. The zero-order valence-electron chi connectivity index (χ0n) is 13.8. The summed E-state index contributed by atoms with van der Waals surface area (Å²) in [6, 6.07) is 0.0281. The van der Waals surface area contributed by atoms with Crippen LogP contribution in [-0.2, 0) is 4.79 Å². The molecule has 2 atom stereocenters. The minimum atomic E-state index is 0.0281. The van der Waals surface area contributed by atoms with E-state index in [-0.39, 0.29) is 17.6 Å². The van der Waals surface area contributed by atoms with Crippen molar-refractivity contribution in [3.05, 3.63) is 0 Å². The fraction of sp³-hybridized carbons (Fsp3) is 0.938. The first-order chi connectivity index (χ1) is 8.70. The first-order valence-electron chi connectivity index (χ1n) is 7.77. The van der Waals surface area contributed by atoms with Crippen molar-refractivity contribution in [3.63, 3.8) is 0 Å². The van der Waals surface area contributed by atoms with E-state index in [2.05, 4.69) is 58.7 Å². The number of rotatable bonds is 6. The molecule has 0 spiro atoms. The van der Waals surface area contributed by atoms with Crippen LogP contribution in [0.25, 0.3) is 0 Å². The van der Waals surface area contributed by atoms with Gasteiger partial charge in [0.25, 0.3) is 0 Å². The standard InChI is InChI=1S/C16H32N2O/c1-8-9-13-15(19)18(14(17-13)11(2)3)10-16(6,7)12(4)5/h11-14,17H,8-10H2,1-7H3. The van der Waals surface area contributed by atoms with Crippen molar-refractivity contribution in [1.29, 1.82) is 0 Å². The fourth-order valence-electron chi connectivity index (χ4n) is 2.55. The normalized spacial score (nSPS) is 24.9. The van der Waals surface area contributed by atoms with Gasteiger partial charge in [-0.2, -0.15) is 0 Å². The third kappa shape index (κ3) is 3.71. The molecule has 3 heteroatoms. The predicted octanol–water partition coefficient (Wildman–Crippen LogP) is 3.25. The molecule has 0 radical (unpaired) electrons. The third-order valence-electron chi connectivity index (χ3n) is 4.64. The van der Waals surface area contributed by atoms with E-state index in [0.29, 0.717) is 17.7 Å². The van der Waals surface area contributed by atoms with E-state index in [1.165, 1.54) is 0 Å². The molecule has 0 aliphatic carbocycles. The van der Waals surface area contributed by atoms with Gasteiger partial charge in [0.05, 0.1) is 12.2 Å². The molecule has 1 saturated heterocycles. The predicted molar refractivity (Wildman–Crippen MR) is 80.8 cm³/mol. The van der Waals surface area contributed by atoms with Crippen LogP contribution in [0.1, 0.15) is 61.3 Å². The Morgan fingerprint density at radius 2 is 1.84 bits per heavy atom. The topological polar surface area (TPSA) is 32.3 Å². The number of hydrogen-bond donors (Lipinski definition) is 1. The molecule has 1 aliphatic heterocycles. The molecule has 112 valence electrons. The highest BCUT2D eigenvalue weighted by molar-refractivity contribution is 5.84. The van der Waals surface area contributed by atoms with Crippen molar-refractivity contribution < 1.29 is 4.79 Å². The van der Waals surface area contributed by atoms with Crippen LogP contribution in [0, 0.1) is 17.3 Å². The summed E-state index contributed by atoms with van der Waals surface area (Å²) in [7, 11) is 0. The lowest BCUT2D eigenvalue weighted by atomic mass is 9.80. The smallest absolute Gasteiger partial charge is 0.241 e. The first-order valence-corrected chi connectivity index (χ1v) is 7.77. The average Bonchev–Trinajstić information content (AvgIpc) is 2.58. The Hall–Kier alpha value is -0.570. The zero-order valence-corrected chi connectivity index (χ0v) is 13.8. The second kappa shape index (κ2) is 6.25. The minimum absolute atomic E-state index is 0.0281. The van der Waals surface area contributed by atoms with Crippen molar-refractivity contribution in [2.45, 2.75) is 73.5 Å². The quantitative estimate of drug-likeness (QED) is 0.802. The van der Waals surface area contributed by atoms with Gasteiger partial charge in [-0.05, 0) is 23.7 Å². The number of carbonyl (C=O) groups excluding carboxylic acids is 1. The lowest BCUT2D eigenvalue weighted by Gasteiger charge is -2.37. The van der Waals surface area contributed by atoms with Gasteiger partial charge < -0.3 is 4.90 Å². The van der Waals surface area contributed by atoms with E-state index in [9.17, 15) is 4.79 Å². The van der Waals surface area contributed by atoms with Gasteiger partial charge in [0.15, 0.2) is 0 Å². The van der Waals surface area contributed by atoms with Crippen LogP contribution in [-0.4, -0.2) is 29.6 Å². The summed E-state index contributed by atoms with van der Waals surface area (Å²) in [5.41, 5.74) is 0.158. The van der Waals surface area contributed by atoms with Gasteiger partial charge >= 0.3 is 0 Å². The summed E-state index contributed by atoms with van der Waals surface area (Å²) in [4.78, 5) is 14.7. The molecule has 0 saturated carbocycles. The molecule has 0 aromatic rings.